The number of fused-ring (bicyclic) bond motifs is 5. The van der Waals surface area contributed by atoms with Gasteiger partial charge in [0.1, 0.15) is 0 Å². The highest BCUT2D eigenvalue weighted by Gasteiger charge is 2.75. The minimum Gasteiger partial charge on any atom is -0.390 e. The Morgan fingerprint density at radius 2 is 2.07 bits per heavy atom. The van der Waals surface area contributed by atoms with E-state index in [2.05, 4.69) is 5.32 Å². The van der Waals surface area contributed by atoms with Crippen LogP contribution in [0.3, 0.4) is 0 Å². The highest BCUT2D eigenvalue weighted by molar-refractivity contribution is 6.01. The number of ketones is 1. The molecule has 0 spiro atoms. The van der Waals surface area contributed by atoms with E-state index in [1.165, 1.54) is 12.2 Å². The van der Waals surface area contributed by atoms with Gasteiger partial charge in [0.15, 0.2) is 17.1 Å². The van der Waals surface area contributed by atoms with Crippen LogP contribution in [0.5, 0.6) is 0 Å². The fraction of sp³-hybridized carbons (Fsp3) is 0.739. The number of aliphatic hydroxyl groups is 2. The van der Waals surface area contributed by atoms with Crippen molar-refractivity contribution >= 4 is 11.7 Å². The second-order valence-corrected chi connectivity index (χ2v) is 10.2. The third kappa shape index (κ3) is 2.40. The number of allylic oxidation sites excluding steroid dienone is 4. The maximum Gasteiger partial charge on any atom is 0.252 e. The molecule has 0 aliphatic heterocycles. The summed E-state index contributed by atoms with van der Waals surface area (Å²) in [6, 6.07) is 0. The fourth-order valence-corrected chi connectivity index (χ4v) is 7.35. The van der Waals surface area contributed by atoms with Crippen LogP contribution in [0.1, 0.15) is 46.5 Å². The molecule has 5 N–H and O–H groups in total. The number of rotatable bonds is 3. The molecule has 3 saturated carbocycles. The van der Waals surface area contributed by atoms with Gasteiger partial charge in [-0.05, 0) is 56.6 Å². The van der Waals surface area contributed by atoms with Crippen LogP contribution in [0.15, 0.2) is 23.8 Å². The molecule has 30 heavy (non-hydrogen) atoms. The van der Waals surface area contributed by atoms with E-state index >= 15 is 4.39 Å². The minimum absolute atomic E-state index is 0.0216. The summed E-state index contributed by atoms with van der Waals surface area (Å²) >= 11 is 0. The second kappa shape index (κ2) is 6.71. The fourth-order valence-electron chi connectivity index (χ4n) is 7.35. The predicted molar refractivity (Wildman–Crippen MR) is 110 cm³/mol. The van der Waals surface area contributed by atoms with Crippen molar-refractivity contribution in [3.05, 3.63) is 23.8 Å². The van der Waals surface area contributed by atoms with Gasteiger partial charge in [0.05, 0.1) is 6.10 Å². The number of aliphatic hydroxyl groups excluding tert-OH is 1. The lowest BCUT2D eigenvalue weighted by Gasteiger charge is -2.62. The summed E-state index contributed by atoms with van der Waals surface area (Å²) < 4.78 is 17.0. The molecular weight excluding hydrogens is 387 g/mol. The molecule has 0 aromatic rings. The van der Waals surface area contributed by atoms with E-state index < -0.39 is 40.0 Å². The summed E-state index contributed by atoms with van der Waals surface area (Å²) in [5.74, 6) is -1.81. The molecule has 1 amide bonds. The van der Waals surface area contributed by atoms with Crippen LogP contribution in [0.25, 0.3) is 0 Å². The van der Waals surface area contributed by atoms with Crippen molar-refractivity contribution in [3.8, 4) is 0 Å². The van der Waals surface area contributed by atoms with Gasteiger partial charge in [-0.3, -0.25) is 9.59 Å². The van der Waals surface area contributed by atoms with Crippen molar-refractivity contribution in [3.63, 3.8) is 0 Å². The molecule has 8 atom stereocenters. The molecule has 166 valence electrons. The van der Waals surface area contributed by atoms with Gasteiger partial charge in [-0.15, -0.1) is 0 Å². The van der Waals surface area contributed by atoms with Crippen molar-refractivity contribution in [1.29, 1.82) is 0 Å². The van der Waals surface area contributed by atoms with Crippen molar-refractivity contribution < 1.29 is 24.2 Å². The van der Waals surface area contributed by atoms with Gasteiger partial charge in [-0.1, -0.05) is 25.5 Å². The highest BCUT2D eigenvalue weighted by atomic mass is 19.1. The van der Waals surface area contributed by atoms with E-state index in [-0.39, 0.29) is 37.1 Å². The Morgan fingerprint density at radius 1 is 1.37 bits per heavy atom. The Kier molecular flexibility index (Phi) is 4.84. The van der Waals surface area contributed by atoms with Gasteiger partial charge in [-0.25, -0.2) is 4.39 Å². The number of hydrogen-bond donors (Lipinski definition) is 4. The lowest BCUT2D eigenvalue weighted by atomic mass is 9.44. The molecule has 4 aliphatic rings. The van der Waals surface area contributed by atoms with Gasteiger partial charge >= 0.3 is 0 Å². The summed E-state index contributed by atoms with van der Waals surface area (Å²) in [5.41, 5.74) is 0.531. The normalized spacial score (nSPS) is 49.7. The molecule has 3 fully saturated rings. The van der Waals surface area contributed by atoms with Crippen LogP contribution < -0.4 is 11.1 Å². The average molecular weight is 421 g/mol. The van der Waals surface area contributed by atoms with Crippen molar-refractivity contribution in [1.82, 2.24) is 5.32 Å². The second-order valence-electron chi connectivity index (χ2n) is 10.2. The number of amides is 1. The molecule has 4 aliphatic carbocycles. The molecule has 0 heterocycles. The molecule has 0 aromatic heterocycles. The summed E-state index contributed by atoms with van der Waals surface area (Å²) in [7, 11) is 0. The lowest BCUT2D eigenvalue weighted by molar-refractivity contribution is -0.219. The highest BCUT2D eigenvalue weighted by Crippen LogP contribution is 2.70. The predicted octanol–water partition coefficient (Wildman–Crippen LogP) is 1.41. The van der Waals surface area contributed by atoms with E-state index in [0.717, 1.165) is 5.57 Å². The number of halogens is 1. The Labute approximate surface area is 176 Å². The first-order valence-corrected chi connectivity index (χ1v) is 11.0. The first-order chi connectivity index (χ1) is 14.0. The number of carbonyl (C=O) groups is 2. The average Bonchev–Trinajstić information content (AvgIpc) is 2.89. The molecule has 6 nitrogen and oxygen atoms in total. The number of nitrogens with one attached hydrogen (secondary N) is 1. The van der Waals surface area contributed by atoms with Crippen LogP contribution in [0.4, 0.5) is 4.39 Å². The third-order valence-corrected chi connectivity index (χ3v) is 9.00. The Morgan fingerprint density at radius 3 is 2.73 bits per heavy atom. The van der Waals surface area contributed by atoms with E-state index in [0.29, 0.717) is 19.3 Å². The Bertz CT molecular complexity index is 843. The zero-order valence-electron chi connectivity index (χ0n) is 18.0. The largest absolute Gasteiger partial charge is 0.390 e. The summed E-state index contributed by atoms with van der Waals surface area (Å²) in [4.78, 5) is 24.9. The first kappa shape index (κ1) is 21.7. The summed E-state index contributed by atoms with van der Waals surface area (Å²) in [6.45, 7) is 5.91. The van der Waals surface area contributed by atoms with Crippen LogP contribution in [0.2, 0.25) is 0 Å². The SMILES string of the molecule is C[C@@H]1C[C@H]2[C@@H]3CCC4=CC(=O)C=C[C@]4(C)[C@@]3(F)[C@@H](O)C[C@]2(C)[C@@]1(O)C(=O)NCCN. The number of alkyl halides is 1. The van der Waals surface area contributed by atoms with E-state index in [1.54, 1.807) is 13.0 Å². The summed E-state index contributed by atoms with van der Waals surface area (Å²) in [6.07, 6.45) is 4.66. The molecule has 0 radical (unpaired) electrons. The Balaban J connectivity index is 1.77. The van der Waals surface area contributed by atoms with E-state index in [9.17, 15) is 19.8 Å². The molecule has 0 aromatic carbocycles. The standard InChI is InChI=1S/C23H33FN2O4/c1-13-10-17-16-5-4-14-11-15(27)6-7-20(14,2)22(16,24)18(28)12-21(17,3)23(13,30)19(29)26-9-8-25/h6-7,11,13,16-18,28,30H,4-5,8-10,12,25H2,1-3H3,(H,26,29)/t13-,16+,17+,18+,20+,21+,22+,23+/m1/s1. The van der Waals surface area contributed by atoms with Gasteiger partial charge in [-0.2, -0.15) is 0 Å². The third-order valence-electron chi connectivity index (χ3n) is 9.00. The lowest BCUT2D eigenvalue weighted by Crippen LogP contribution is -2.70. The molecule has 0 unspecified atom stereocenters. The summed E-state index contributed by atoms with van der Waals surface area (Å²) in [5, 5.41) is 25.6. The van der Waals surface area contributed by atoms with Crippen molar-refractivity contribution in [2.75, 3.05) is 13.1 Å². The Hall–Kier alpha value is -1.57. The maximum absolute atomic E-state index is 17.0. The quantitative estimate of drug-likeness (QED) is 0.551. The van der Waals surface area contributed by atoms with Crippen LogP contribution in [0, 0.1) is 28.6 Å². The smallest absolute Gasteiger partial charge is 0.252 e. The van der Waals surface area contributed by atoms with Crippen LogP contribution in [-0.4, -0.2) is 52.4 Å². The molecule has 0 saturated heterocycles. The van der Waals surface area contributed by atoms with Gasteiger partial charge in [0, 0.05) is 29.8 Å². The minimum atomic E-state index is -1.96. The van der Waals surface area contributed by atoms with Crippen LogP contribution >= 0.6 is 0 Å². The van der Waals surface area contributed by atoms with E-state index in [4.69, 9.17) is 5.73 Å². The van der Waals surface area contributed by atoms with Crippen molar-refractivity contribution in [2.45, 2.75) is 63.8 Å². The van der Waals surface area contributed by atoms with Gasteiger partial charge in [0.2, 0.25) is 0 Å². The van der Waals surface area contributed by atoms with Gasteiger partial charge < -0.3 is 21.3 Å². The van der Waals surface area contributed by atoms with Gasteiger partial charge in [0.25, 0.3) is 5.91 Å². The number of nitrogens with two attached hydrogens (primary N) is 1. The molecular formula is C23H33FN2O4. The maximum atomic E-state index is 17.0. The zero-order valence-corrected chi connectivity index (χ0v) is 18.0. The zero-order chi connectivity index (χ0) is 22.1. The number of carbonyl (C=O) groups excluding carboxylic acids is 2. The first-order valence-electron chi connectivity index (χ1n) is 11.0. The van der Waals surface area contributed by atoms with Crippen LogP contribution in [-0.2, 0) is 9.59 Å². The molecule has 0 bridgehead atoms. The topological polar surface area (TPSA) is 113 Å². The molecule has 7 heteroatoms. The molecule has 4 rings (SSSR count). The number of hydrogen-bond acceptors (Lipinski definition) is 5. The monoisotopic (exact) mass is 420 g/mol. The van der Waals surface area contributed by atoms with Crippen molar-refractivity contribution in [2.24, 2.45) is 34.3 Å². The van der Waals surface area contributed by atoms with E-state index in [1.807, 2.05) is 13.8 Å².